The van der Waals surface area contributed by atoms with E-state index >= 15 is 0 Å². The summed E-state index contributed by atoms with van der Waals surface area (Å²) in [5, 5.41) is 3.38. The third-order valence-corrected chi connectivity index (χ3v) is 4.05. The molecule has 0 aromatic heterocycles. The van der Waals surface area contributed by atoms with Crippen molar-refractivity contribution < 1.29 is 8.42 Å². The van der Waals surface area contributed by atoms with E-state index in [0.717, 1.165) is 18.5 Å². The summed E-state index contributed by atoms with van der Waals surface area (Å²) in [6, 6.07) is 7.73. The van der Waals surface area contributed by atoms with Gasteiger partial charge in [0.1, 0.15) is 0 Å². The van der Waals surface area contributed by atoms with Gasteiger partial charge in [-0.05, 0) is 44.5 Å². The molecule has 0 aliphatic carbocycles. The fourth-order valence-corrected chi connectivity index (χ4v) is 2.23. The molecule has 0 saturated heterocycles. The van der Waals surface area contributed by atoms with Crippen molar-refractivity contribution in [1.29, 1.82) is 0 Å². The molecule has 4 nitrogen and oxygen atoms in total. The summed E-state index contributed by atoms with van der Waals surface area (Å²) < 4.78 is 25.6. The van der Waals surface area contributed by atoms with Crippen molar-refractivity contribution in [2.24, 2.45) is 0 Å². The number of hydrogen-bond donors (Lipinski definition) is 2. The highest BCUT2D eigenvalue weighted by molar-refractivity contribution is 7.92. The molecule has 1 unspecified atom stereocenters. The van der Waals surface area contributed by atoms with Gasteiger partial charge < -0.3 is 5.32 Å². The summed E-state index contributed by atoms with van der Waals surface area (Å²) in [6.07, 6.45) is 1.08. The summed E-state index contributed by atoms with van der Waals surface area (Å²) in [6.45, 7) is 6.76. The summed E-state index contributed by atoms with van der Waals surface area (Å²) in [7, 11) is -3.20. The summed E-state index contributed by atoms with van der Waals surface area (Å²) in [5.74, 6) is 0.0842. The third kappa shape index (κ3) is 4.66. The van der Waals surface area contributed by atoms with Gasteiger partial charge in [0.15, 0.2) is 0 Å². The largest absolute Gasteiger partial charge is 0.310 e. The van der Waals surface area contributed by atoms with Gasteiger partial charge in [0.05, 0.1) is 5.75 Å². The average molecular weight is 270 g/mol. The molecule has 1 atom stereocenters. The molecule has 0 spiro atoms. The van der Waals surface area contributed by atoms with E-state index in [2.05, 4.69) is 23.9 Å². The Kier molecular flexibility index (Phi) is 5.62. The highest BCUT2D eigenvalue weighted by Crippen LogP contribution is 2.18. The minimum Gasteiger partial charge on any atom is -0.310 e. The van der Waals surface area contributed by atoms with E-state index in [9.17, 15) is 8.42 Å². The highest BCUT2D eigenvalue weighted by atomic mass is 32.2. The second kappa shape index (κ2) is 6.75. The maximum Gasteiger partial charge on any atom is 0.232 e. The Labute approximate surface area is 110 Å². The van der Waals surface area contributed by atoms with Crippen LogP contribution in [0, 0.1) is 0 Å². The van der Waals surface area contributed by atoms with Crippen LogP contribution in [0.2, 0.25) is 0 Å². The number of sulfonamides is 1. The van der Waals surface area contributed by atoms with Crippen molar-refractivity contribution in [3.8, 4) is 0 Å². The quantitative estimate of drug-likeness (QED) is 0.800. The van der Waals surface area contributed by atoms with Gasteiger partial charge in [0, 0.05) is 11.7 Å². The zero-order valence-electron chi connectivity index (χ0n) is 11.2. The second-order valence-electron chi connectivity index (χ2n) is 4.31. The van der Waals surface area contributed by atoms with Gasteiger partial charge in [0.2, 0.25) is 10.0 Å². The zero-order chi connectivity index (χ0) is 13.6. The van der Waals surface area contributed by atoms with E-state index in [-0.39, 0.29) is 11.8 Å². The number of rotatable bonds is 7. The van der Waals surface area contributed by atoms with E-state index in [1.165, 1.54) is 0 Å². The monoisotopic (exact) mass is 270 g/mol. The summed E-state index contributed by atoms with van der Waals surface area (Å²) >= 11 is 0. The van der Waals surface area contributed by atoms with Crippen molar-refractivity contribution >= 4 is 15.7 Å². The van der Waals surface area contributed by atoms with Gasteiger partial charge in [0.25, 0.3) is 0 Å². The van der Waals surface area contributed by atoms with Crippen LogP contribution in [0.5, 0.6) is 0 Å². The first-order valence-corrected chi connectivity index (χ1v) is 7.97. The average Bonchev–Trinajstić information content (AvgIpc) is 2.35. The predicted molar refractivity (Wildman–Crippen MR) is 76.2 cm³/mol. The number of nitrogens with one attached hydrogen (secondary N) is 2. The van der Waals surface area contributed by atoms with E-state index in [4.69, 9.17) is 0 Å². The van der Waals surface area contributed by atoms with Gasteiger partial charge >= 0.3 is 0 Å². The fourth-order valence-electron chi connectivity index (χ4n) is 1.60. The van der Waals surface area contributed by atoms with Crippen LogP contribution in [0.15, 0.2) is 24.3 Å². The van der Waals surface area contributed by atoms with E-state index in [1.54, 1.807) is 13.0 Å². The summed E-state index contributed by atoms with van der Waals surface area (Å²) in [5.41, 5.74) is 1.71. The first-order chi connectivity index (χ1) is 8.48. The molecule has 1 aromatic carbocycles. The Morgan fingerprint density at radius 3 is 2.61 bits per heavy atom. The van der Waals surface area contributed by atoms with Crippen molar-refractivity contribution in [2.45, 2.75) is 33.2 Å². The lowest BCUT2D eigenvalue weighted by Gasteiger charge is -2.15. The summed E-state index contributed by atoms with van der Waals surface area (Å²) in [4.78, 5) is 0. The molecule has 102 valence electrons. The third-order valence-electron chi connectivity index (χ3n) is 2.74. The molecule has 0 amide bonds. The van der Waals surface area contributed by atoms with E-state index < -0.39 is 10.0 Å². The van der Waals surface area contributed by atoms with Crippen LogP contribution in [0.3, 0.4) is 0 Å². The van der Waals surface area contributed by atoms with Crippen LogP contribution in [0.25, 0.3) is 0 Å². The SMILES string of the molecule is CCCNC(C)c1cccc(NS(=O)(=O)CC)c1. The Bertz CT molecular complexity index is 472. The van der Waals surface area contributed by atoms with Crippen molar-refractivity contribution in [3.05, 3.63) is 29.8 Å². The van der Waals surface area contributed by atoms with Crippen LogP contribution in [0.4, 0.5) is 5.69 Å². The Hall–Kier alpha value is -1.07. The fraction of sp³-hybridized carbons (Fsp3) is 0.538. The number of anilines is 1. The van der Waals surface area contributed by atoms with Gasteiger partial charge in [-0.1, -0.05) is 19.1 Å². The lowest BCUT2D eigenvalue weighted by atomic mass is 10.1. The molecule has 0 bridgehead atoms. The van der Waals surface area contributed by atoms with Crippen LogP contribution in [-0.4, -0.2) is 20.7 Å². The van der Waals surface area contributed by atoms with Gasteiger partial charge in [-0.3, -0.25) is 4.72 Å². The highest BCUT2D eigenvalue weighted by Gasteiger charge is 2.09. The number of benzene rings is 1. The molecule has 0 fully saturated rings. The van der Waals surface area contributed by atoms with Crippen LogP contribution >= 0.6 is 0 Å². The molecule has 2 N–H and O–H groups in total. The van der Waals surface area contributed by atoms with E-state index in [1.807, 2.05) is 18.2 Å². The predicted octanol–water partition coefficient (Wildman–Crippen LogP) is 2.51. The molecule has 1 rings (SSSR count). The number of hydrogen-bond acceptors (Lipinski definition) is 3. The lowest BCUT2D eigenvalue weighted by molar-refractivity contribution is 0.571. The lowest BCUT2D eigenvalue weighted by Crippen LogP contribution is -2.20. The molecule has 18 heavy (non-hydrogen) atoms. The molecular weight excluding hydrogens is 248 g/mol. The Balaban J connectivity index is 2.79. The maximum atomic E-state index is 11.5. The smallest absolute Gasteiger partial charge is 0.232 e. The normalized spacial score (nSPS) is 13.3. The van der Waals surface area contributed by atoms with Crippen molar-refractivity contribution in [1.82, 2.24) is 5.32 Å². The molecule has 0 aliphatic heterocycles. The Morgan fingerprint density at radius 2 is 2.00 bits per heavy atom. The van der Waals surface area contributed by atoms with Gasteiger partial charge in [-0.25, -0.2) is 8.42 Å². The zero-order valence-corrected chi connectivity index (χ0v) is 12.0. The molecule has 1 aromatic rings. The molecule has 0 saturated carbocycles. The van der Waals surface area contributed by atoms with Crippen molar-refractivity contribution in [2.75, 3.05) is 17.0 Å². The van der Waals surface area contributed by atoms with E-state index in [0.29, 0.717) is 5.69 Å². The van der Waals surface area contributed by atoms with Crippen LogP contribution < -0.4 is 10.0 Å². The molecule has 5 heteroatoms. The minimum atomic E-state index is -3.20. The first kappa shape index (κ1) is 15.0. The maximum absolute atomic E-state index is 11.5. The molecule has 0 heterocycles. The van der Waals surface area contributed by atoms with Crippen LogP contribution in [-0.2, 0) is 10.0 Å². The van der Waals surface area contributed by atoms with Gasteiger partial charge in [-0.15, -0.1) is 0 Å². The second-order valence-corrected chi connectivity index (χ2v) is 6.32. The van der Waals surface area contributed by atoms with Crippen LogP contribution in [0.1, 0.15) is 38.8 Å². The topological polar surface area (TPSA) is 58.2 Å². The molecule has 0 radical (unpaired) electrons. The minimum absolute atomic E-state index is 0.0842. The molecule has 0 aliphatic rings. The Morgan fingerprint density at radius 1 is 1.28 bits per heavy atom. The first-order valence-electron chi connectivity index (χ1n) is 6.32. The molecular formula is C13H22N2O2S. The standard InChI is InChI=1S/C13H22N2O2S/c1-4-9-14-11(3)12-7-6-8-13(10-12)15-18(16,17)5-2/h6-8,10-11,14-15H,4-5,9H2,1-3H3. The van der Waals surface area contributed by atoms with Gasteiger partial charge in [-0.2, -0.15) is 0 Å². The van der Waals surface area contributed by atoms with Crippen molar-refractivity contribution in [3.63, 3.8) is 0 Å².